The van der Waals surface area contributed by atoms with Crippen molar-refractivity contribution in [2.45, 2.75) is 5.54 Å². The summed E-state index contributed by atoms with van der Waals surface area (Å²) in [5.74, 6) is 0. The molecule has 0 aromatic carbocycles. The van der Waals surface area contributed by atoms with E-state index in [1.165, 1.54) is 0 Å². The van der Waals surface area contributed by atoms with Crippen LogP contribution in [0.1, 0.15) is 0 Å². The van der Waals surface area contributed by atoms with E-state index in [9.17, 15) is 0 Å². The molecule has 0 saturated carbocycles. The first kappa shape index (κ1) is 11.1. The Balaban J connectivity index is 4.16. The van der Waals surface area contributed by atoms with E-state index in [-0.39, 0.29) is 4.32 Å². The minimum Gasteiger partial charge on any atom is -0.394 e. The van der Waals surface area contributed by atoms with E-state index in [2.05, 4.69) is 30.2 Å². The van der Waals surface area contributed by atoms with Gasteiger partial charge in [0.2, 0.25) is 0 Å². The van der Waals surface area contributed by atoms with Crippen LogP contribution in [0.4, 0.5) is 0 Å². The molecule has 0 aliphatic carbocycles. The SMILES string of the molecule is OCC(CO)(CO)NC(=S)S. The number of aliphatic hydroxyl groups is 3. The van der Waals surface area contributed by atoms with Crippen molar-refractivity contribution in [2.75, 3.05) is 19.8 Å². The van der Waals surface area contributed by atoms with Gasteiger partial charge in [-0.2, -0.15) is 0 Å². The first-order valence-corrected chi connectivity index (χ1v) is 3.79. The fourth-order valence-corrected chi connectivity index (χ4v) is 0.949. The summed E-state index contributed by atoms with van der Waals surface area (Å²) in [4.78, 5) is 0. The standard InChI is InChI=1S/C5H11NO3S2/c7-1-5(2-8,3-9)6-4(10)11/h7-9H,1-3H2,(H2,6,10,11). The van der Waals surface area contributed by atoms with Gasteiger partial charge in [0.15, 0.2) is 0 Å². The van der Waals surface area contributed by atoms with Gasteiger partial charge in [-0.25, -0.2) is 0 Å². The molecule has 0 aliphatic rings. The lowest BCUT2D eigenvalue weighted by atomic mass is 10.0. The van der Waals surface area contributed by atoms with Gasteiger partial charge in [-0.3, -0.25) is 0 Å². The molecule has 66 valence electrons. The van der Waals surface area contributed by atoms with Crippen LogP contribution in [0, 0.1) is 0 Å². The number of hydrogen-bond donors (Lipinski definition) is 5. The third-order valence-electron chi connectivity index (χ3n) is 1.28. The van der Waals surface area contributed by atoms with Gasteiger partial charge in [-0.1, -0.05) is 12.2 Å². The van der Waals surface area contributed by atoms with E-state index in [1.54, 1.807) is 0 Å². The fraction of sp³-hybridized carbons (Fsp3) is 0.800. The van der Waals surface area contributed by atoms with Crippen molar-refractivity contribution >= 4 is 29.2 Å². The highest BCUT2D eigenvalue weighted by Crippen LogP contribution is 2.02. The van der Waals surface area contributed by atoms with Crippen molar-refractivity contribution in [3.8, 4) is 0 Å². The highest BCUT2D eigenvalue weighted by Gasteiger charge is 2.27. The average molecular weight is 197 g/mol. The molecule has 0 heterocycles. The lowest BCUT2D eigenvalue weighted by molar-refractivity contribution is 0.0569. The second kappa shape index (κ2) is 4.89. The van der Waals surface area contributed by atoms with Crippen molar-refractivity contribution in [2.24, 2.45) is 0 Å². The fourth-order valence-electron chi connectivity index (χ4n) is 0.495. The molecular weight excluding hydrogens is 186 g/mol. The third kappa shape index (κ3) is 3.35. The molecule has 0 atom stereocenters. The van der Waals surface area contributed by atoms with Gasteiger partial charge in [0.1, 0.15) is 9.86 Å². The summed E-state index contributed by atoms with van der Waals surface area (Å²) in [7, 11) is 0. The van der Waals surface area contributed by atoms with Gasteiger partial charge in [0.25, 0.3) is 0 Å². The molecule has 6 heteroatoms. The summed E-state index contributed by atoms with van der Waals surface area (Å²) in [5.41, 5.74) is -1.15. The van der Waals surface area contributed by atoms with Gasteiger partial charge in [-0.05, 0) is 0 Å². The molecule has 4 nitrogen and oxygen atoms in total. The van der Waals surface area contributed by atoms with Gasteiger partial charge in [0.05, 0.1) is 19.8 Å². The zero-order valence-electron chi connectivity index (χ0n) is 5.82. The largest absolute Gasteiger partial charge is 0.394 e. The molecule has 0 unspecified atom stereocenters. The monoisotopic (exact) mass is 197 g/mol. The van der Waals surface area contributed by atoms with E-state index in [0.29, 0.717) is 0 Å². The van der Waals surface area contributed by atoms with Crippen LogP contribution in [-0.2, 0) is 0 Å². The predicted octanol–water partition coefficient (Wildman–Crippen LogP) is -1.49. The van der Waals surface area contributed by atoms with Crippen molar-refractivity contribution in [1.82, 2.24) is 5.32 Å². The number of thiol groups is 1. The van der Waals surface area contributed by atoms with Crippen LogP contribution in [0.25, 0.3) is 0 Å². The predicted molar refractivity (Wildman–Crippen MR) is 48.7 cm³/mol. The van der Waals surface area contributed by atoms with Crippen molar-refractivity contribution in [3.63, 3.8) is 0 Å². The molecule has 0 aromatic heterocycles. The maximum absolute atomic E-state index is 8.75. The Bertz CT molecular complexity index is 129. The Labute approximate surface area is 75.6 Å². The molecule has 0 amide bonds. The number of rotatable bonds is 4. The summed E-state index contributed by atoms with van der Waals surface area (Å²) in [6.45, 7) is -1.21. The summed E-state index contributed by atoms with van der Waals surface area (Å²) in [6.07, 6.45) is 0. The van der Waals surface area contributed by atoms with Gasteiger partial charge < -0.3 is 20.6 Å². The van der Waals surface area contributed by atoms with Gasteiger partial charge >= 0.3 is 0 Å². The molecule has 4 N–H and O–H groups in total. The normalized spacial score (nSPS) is 11.3. The molecule has 0 radical (unpaired) electrons. The molecule has 0 bridgehead atoms. The van der Waals surface area contributed by atoms with Gasteiger partial charge in [0, 0.05) is 0 Å². The summed E-state index contributed by atoms with van der Waals surface area (Å²) in [6, 6.07) is 0. The van der Waals surface area contributed by atoms with Crippen LogP contribution < -0.4 is 5.32 Å². The molecule has 0 spiro atoms. The highest BCUT2D eigenvalue weighted by atomic mass is 32.1. The number of nitrogens with one attached hydrogen (secondary N) is 1. The summed E-state index contributed by atoms with van der Waals surface area (Å²) < 4.78 is 0.127. The molecular formula is C5H11NO3S2. The Morgan fingerprint density at radius 2 is 1.64 bits per heavy atom. The number of hydrogen-bond acceptors (Lipinski definition) is 4. The van der Waals surface area contributed by atoms with Crippen LogP contribution >= 0.6 is 24.8 Å². The summed E-state index contributed by atoms with van der Waals surface area (Å²) in [5, 5.41) is 28.7. The third-order valence-corrected chi connectivity index (χ3v) is 1.49. The lowest BCUT2D eigenvalue weighted by Gasteiger charge is -2.28. The lowest BCUT2D eigenvalue weighted by Crippen LogP contribution is -2.55. The van der Waals surface area contributed by atoms with E-state index in [1.807, 2.05) is 0 Å². The smallest absolute Gasteiger partial charge is 0.131 e. The zero-order valence-corrected chi connectivity index (χ0v) is 7.53. The Kier molecular flexibility index (Phi) is 4.94. The minimum absolute atomic E-state index is 0.127. The van der Waals surface area contributed by atoms with Crippen LogP contribution in [0.2, 0.25) is 0 Å². The second-order valence-corrected chi connectivity index (χ2v) is 3.34. The van der Waals surface area contributed by atoms with E-state index in [4.69, 9.17) is 15.3 Å². The molecule has 0 saturated heterocycles. The van der Waals surface area contributed by atoms with Crippen molar-refractivity contribution < 1.29 is 15.3 Å². The van der Waals surface area contributed by atoms with Crippen LogP contribution in [0.15, 0.2) is 0 Å². The first-order chi connectivity index (χ1) is 5.10. The van der Waals surface area contributed by atoms with Crippen LogP contribution in [0.3, 0.4) is 0 Å². The highest BCUT2D eigenvalue weighted by molar-refractivity contribution is 8.11. The number of aliphatic hydroxyl groups excluding tert-OH is 3. The maximum Gasteiger partial charge on any atom is 0.131 e. The topological polar surface area (TPSA) is 72.7 Å². The Morgan fingerprint density at radius 3 is 1.73 bits per heavy atom. The molecule has 0 aliphatic heterocycles. The van der Waals surface area contributed by atoms with Crippen LogP contribution in [-0.4, -0.2) is 45.0 Å². The average Bonchev–Trinajstić information content (AvgIpc) is 2.00. The number of thiocarbonyl (C=S) groups is 1. The Hall–Kier alpha value is 0.120. The zero-order chi connectivity index (χ0) is 8.91. The first-order valence-electron chi connectivity index (χ1n) is 2.94. The minimum atomic E-state index is -1.15. The molecule has 0 aromatic rings. The quantitative estimate of drug-likeness (QED) is 0.280. The summed E-state index contributed by atoms with van der Waals surface area (Å²) >= 11 is 8.30. The maximum atomic E-state index is 8.75. The van der Waals surface area contributed by atoms with E-state index in [0.717, 1.165) is 0 Å². The van der Waals surface area contributed by atoms with Crippen molar-refractivity contribution in [1.29, 1.82) is 0 Å². The molecule has 11 heavy (non-hydrogen) atoms. The Morgan fingerprint density at radius 1 is 1.27 bits per heavy atom. The van der Waals surface area contributed by atoms with Crippen molar-refractivity contribution in [3.05, 3.63) is 0 Å². The molecule has 0 rings (SSSR count). The van der Waals surface area contributed by atoms with Crippen LogP contribution in [0.5, 0.6) is 0 Å². The molecule has 0 fully saturated rings. The second-order valence-electron chi connectivity index (χ2n) is 2.18. The van der Waals surface area contributed by atoms with E-state index >= 15 is 0 Å². The van der Waals surface area contributed by atoms with E-state index < -0.39 is 25.4 Å². The van der Waals surface area contributed by atoms with Gasteiger partial charge in [-0.15, -0.1) is 12.6 Å².